The van der Waals surface area contributed by atoms with Gasteiger partial charge in [0.05, 0.1) is 19.3 Å². The summed E-state index contributed by atoms with van der Waals surface area (Å²) in [4.78, 5) is 14.7. The first-order chi connectivity index (χ1) is 8.65. The molecule has 1 aliphatic heterocycles. The van der Waals surface area contributed by atoms with Crippen LogP contribution >= 0.6 is 0 Å². The van der Waals surface area contributed by atoms with Crippen molar-refractivity contribution in [2.24, 2.45) is 0 Å². The number of methoxy groups -OCH3 is 1. The molecular weight excluding hydrogens is 234 g/mol. The van der Waals surface area contributed by atoms with E-state index < -0.39 is 0 Å². The third-order valence-electron chi connectivity index (χ3n) is 3.16. The largest absolute Gasteiger partial charge is 0.467 e. The number of rotatable bonds is 4. The quantitative estimate of drug-likeness (QED) is 0.839. The summed E-state index contributed by atoms with van der Waals surface area (Å²) in [5.41, 5.74) is 0. The third-order valence-corrected chi connectivity index (χ3v) is 3.16. The van der Waals surface area contributed by atoms with Gasteiger partial charge < -0.3 is 19.7 Å². The van der Waals surface area contributed by atoms with Crippen molar-refractivity contribution in [1.29, 1.82) is 0 Å². The molecule has 2 heterocycles. The van der Waals surface area contributed by atoms with Crippen LogP contribution in [0.3, 0.4) is 0 Å². The molecule has 0 spiro atoms. The lowest BCUT2D eigenvalue weighted by Gasteiger charge is -2.26. The minimum absolute atomic E-state index is 0.177. The number of ether oxygens (including phenoxy) is 2. The van der Waals surface area contributed by atoms with Crippen LogP contribution in [0.2, 0.25) is 0 Å². The summed E-state index contributed by atoms with van der Waals surface area (Å²) in [6.45, 7) is 2.84. The zero-order valence-corrected chi connectivity index (χ0v) is 11.2. The highest BCUT2D eigenvalue weighted by molar-refractivity contribution is 5.38. The van der Waals surface area contributed by atoms with Crippen LogP contribution in [-0.2, 0) is 4.74 Å². The molecule has 1 saturated heterocycles. The van der Waals surface area contributed by atoms with Gasteiger partial charge in [0.15, 0.2) is 0 Å². The summed E-state index contributed by atoms with van der Waals surface area (Å²) in [6, 6.07) is 0.588. The van der Waals surface area contributed by atoms with E-state index in [9.17, 15) is 0 Å². The first-order valence-corrected chi connectivity index (χ1v) is 5.98. The molecule has 2 atom stereocenters. The van der Waals surface area contributed by atoms with Crippen molar-refractivity contribution < 1.29 is 9.47 Å². The zero-order chi connectivity index (χ0) is 13.1. The molecular formula is C11H19N5O2. The fourth-order valence-corrected chi connectivity index (χ4v) is 2.08. The monoisotopic (exact) mass is 253 g/mol. The van der Waals surface area contributed by atoms with Crippen molar-refractivity contribution in [2.45, 2.75) is 25.5 Å². The Hall–Kier alpha value is -1.63. The molecule has 0 amide bonds. The van der Waals surface area contributed by atoms with E-state index in [0.717, 1.165) is 13.0 Å². The molecule has 0 aliphatic carbocycles. The first kappa shape index (κ1) is 12.8. The molecule has 18 heavy (non-hydrogen) atoms. The number of hydrogen-bond donors (Lipinski definition) is 1. The number of nitrogens with zero attached hydrogens (tertiary/aromatic N) is 4. The molecule has 2 unspecified atom stereocenters. The van der Waals surface area contributed by atoms with Crippen LogP contribution in [0.25, 0.3) is 0 Å². The minimum Gasteiger partial charge on any atom is -0.467 e. The van der Waals surface area contributed by atoms with Gasteiger partial charge in [0.2, 0.25) is 11.9 Å². The highest BCUT2D eigenvalue weighted by Crippen LogP contribution is 2.23. The summed E-state index contributed by atoms with van der Waals surface area (Å²) in [7, 11) is 5.27. The van der Waals surface area contributed by atoms with Crippen LogP contribution < -0.4 is 15.0 Å². The van der Waals surface area contributed by atoms with Gasteiger partial charge in [-0.1, -0.05) is 0 Å². The van der Waals surface area contributed by atoms with Crippen molar-refractivity contribution >= 4 is 11.9 Å². The minimum atomic E-state index is 0.177. The summed E-state index contributed by atoms with van der Waals surface area (Å²) in [6.07, 6.45) is 1.15. The lowest BCUT2D eigenvalue weighted by molar-refractivity contribution is 0.118. The van der Waals surface area contributed by atoms with E-state index in [2.05, 4.69) is 27.2 Å². The van der Waals surface area contributed by atoms with Crippen LogP contribution in [0, 0.1) is 0 Å². The molecule has 0 radical (unpaired) electrons. The molecule has 1 aromatic heterocycles. The number of hydrogen-bond acceptors (Lipinski definition) is 7. The summed E-state index contributed by atoms with van der Waals surface area (Å²) in [5.74, 6) is 1.09. The standard InChI is InChI=1S/C11H19N5O2/c1-7-8(5-6-18-7)16(3)10-13-9(12-2)14-11(15-10)17-4/h7-8H,5-6H2,1-4H3,(H,12,13,14,15). The lowest BCUT2D eigenvalue weighted by Crippen LogP contribution is -2.38. The number of nitrogens with one attached hydrogen (secondary N) is 1. The van der Waals surface area contributed by atoms with Gasteiger partial charge in [-0.15, -0.1) is 0 Å². The van der Waals surface area contributed by atoms with Gasteiger partial charge in [-0.05, 0) is 13.3 Å². The highest BCUT2D eigenvalue weighted by Gasteiger charge is 2.29. The van der Waals surface area contributed by atoms with Gasteiger partial charge in [-0.25, -0.2) is 0 Å². The van der Waals surface area contributed by atoms with E-state index in [1.165, 1.54) is 0 Å². The number of anilines is 2. The molecule has 7 heteroatoms. The molecule has 0 aromatic carbocycles. The van der Waals surface area contributed by atoms with Crippen LogP contribution in [0.15, 0.2) is 0 Å². The maximum absolute atomic E-state index is 5.56. The SMILES string of the molecule is CNc1nc(OC)nc(N(C)C2CCOC2C)n1. The predicted octanol–water partition coefficient (Wildman–Crippen LogP) is 0.535. The molecule has 100 valence electrons. The van der Waals surface area contributed by atoms with Gasteiger partial charge in [0, 0.05) is 20.7 Å². The van der Waals surface area contributed by atoms with E-state index in [-0.39, 0.29) is 12.1 Å². The Kier molecular flexibility index (Phi) is 3.81. The normalized spacial score (nSPS) is 22.9. The topological polar surface area (TPSA) is 72.4 Å². The second kappa shape index (κ2) is 5.34. The Morgan fingerprint density at radius 3 is 2.72 bits per heavy atom. The summed E-state index contributed by atoms with van der Waals surface area (Å²) in [5, 5.41) is 2.90. The van der Waals surface area contributed by atoms with Crippen LogP contribution in [-0.4, -0.2) is 54.9 Å². The maximum Gasteiger partial charge on any atom is 0.322 e. The van der Waals surface area contributed by atoms with E-state index in [0.29, 0.717) is 17.9 Å². The fourth-order valence-electron chi connectivity index (χ4n) is 2.08. The zero-order valence-electron chi connectivity index (χ0n) is 11.2. The Labute approximate surface area is 107 Å². The van der Waals surface area contributed by atoms with Crippen molar-refractivity contribution in [3.63, 3.8) is 0 Å². The summed E-state index contributed by atoms with van der Waals surface area (Å²) >= 11 is 0. The van der Waals surface area contributed by atoms with E-state index in [4.69, 9.17) is 9.47 Å². The highest BCUT2D eigenvalue weighted by atomic mass is 16.5. The van der Waals surface area contributed by atoms with E-state index in [1.54, 1.807) is 14.2 Å². The summed E-state index contributed by atoms with van der Waals surface area (Å²) < 4.78 is 10.6. The smallest absolute Gasteiger partial charge is 0.322 e. The molecule has 1 aliphatic rings. The third kappa shape index (κ3) is 2.45. The fraction of sp³-hybridized carbons (Fsp3) is 0.727. The van der Waals surface area contributed by atoms with Gasteiger partial charge >= 0.3 is 6.01 Å². The Morgan fingerprint density at radius 1 is 1.39 bits per heavy atom. The van der Waals surface area contributed by atoms with Crippen LogP contribution in [0.4, 0.5) is 11.9 Å². The maximum atomic E-state index is 5.56. The molecule has 7 nitrogen and oxygen atoms in total. The van der Waals surface area contributed by atoms with Crippen LogP contribution in [0.5, 0.6) is 6.01 Å². The predicted molar refractivity (Wildman–Crippen MR) is 68.1 cm³/mol. The second-order valence-corrected chi connectivity index (χ2v) is 4.24. The van der Waals surface area contributed by atoms with Crippen molar-refractivity contribution in [3.05, 3.63) is 0 Å². The Morgan fingerprint density at radius 2 is 2.17 bits per heavy atom. The van der Waals surface area contributed by atoms with Crippen molar-refractivity contribution in [3.8, 4) is 6.01 Å². The van der Waals surface area contributed by atoms with E-state index in [1.807, 2.05) is 11.9 Å². The molecule has 1 fully saturated rings. The Balaban J connectivity index is 2.25. The average molecular weight is 253 g/mol. The lowest BCUT2D eigenvalue weighted by atomic mass is 10.1. The van der Waals surface area contributed by atoms with E-state index >= 15 is 0 Å². The number of likely N-dealkylation sites (N-methyl/N-ethyl adjacent to an activating group) is 1. The molecule has 0 saturated carbocycles. The van der Waals surface area contributed by atoms with Gasteiger partial charge in [0.25, 0.3) is 0 Å². The molecule has 1 N–H and O–H groups in total. The van der Waals surface area contributed by atoms with Crippen molar-refractivity contribution in [1.82, 2.24) is 15.0 Å². The first-order valence-electron chi connectivity index (χ1n) is 5.98. The molecule has 2 rings (SSSR count). The average Bonchev–Trinajstić information content (AvgIpc) is 2.83. The van der Waals surface area contributed by atoms with Gasteiger partial charge in [0.1, 0.15) is 0 Å². The number of aromatic nitrogens is 3. The second-order valence-electron chi connectivity index (χ2n) is 4.24. The molecule has 1 aromatic rings. The molecule has 0 bridgehead atoms. The van der Waals surface area contributed by atoms with Gasteiger partial charge in [-0.3, -0.25) is 0 Å². The van der Waals surface area contributed by atoms with Gasteiger partial charge in [-0.2, -0.15) is 15.0 Å². The van der Waals surface area contributed by atoms with Crippen molar-refractivity contribution in [2.75, 3.05) is 38.0 Å². The van der Waals surface area contributed by atoms with Crippen LogP contribution in [0.1, 0.15) is 13.3 Å². The Bertz CT molecular complexity index is 392.